The van der Waals surface area contributed by atoms with Crippen molar-refractivity contribution in [3.8, 4) is 0 Å². The third kappa shape index (κ3) is 2.85. The molecule has 1 spiro atoms. The van der Waals surface area contributed by atoms with Gasteiger partial charge in [-0.1, -0.05) is 17.7 Å². The molecule has 2 heterocycles. The Morgan fingerprint density at radius 3 is 2.45 bits per heavy atom. The lowest BCUT2D eigenvalue weighted by atomic mass is 9.52. The molecule has 152 valence electrons. The average molecular weight is 413 g/mol. The van der Waals surface area contributed by atoms with Crippen LogP contribution in [0.2, 0.25) is 0 Å². The summed E-state index contributed by atoms with van der Waals surface area (Å²) in [4.78, 5) is 11.1. The van der Waals surface area contributed by atoms with Gasteiger partial charge in [-0.15, -0.1) is 0 Å². The number of fused-ring (bicyclic) bond motifs is 1. The van der Waals surface area contributed by atoms with Crippen LogP contribution >= 0.6 is 0 Å². The Bertz CT molecular complexity index is 1170. The largest absolute Gasteiger partial charge is 0.393 e. The number of hydrogen-bond acceptors (Lipinski definition) is 6. The first-order valence-corrected chi connectivity index (χ1v) is 11.3. The van der Waals surface area contributed by atoms with Gasteiger partial charge in [-0.05, 0) is 56.2 Å². The summed E-state index contributed by atoms with van der Waals surface area (Å²) in [5, 5.41) is 10.3. The predicted octanol–water partition coefficient (Wildman–Crippen LogP) is 2.72. The normalized spacial score (nSPS) is 26.3. The molecule has 0 saturated heterocycles. The van der Waals surface area contributed by atoms with E-state index in [1.807, 2.05) is 14.0 Å². The maximum atomic E-state index is 13.1. The first-order valence-electron chi connectivity index (χ1n) is 9.84. The Kier molecular flexibility index (Phi) is 4.02. The molecule has 1 N–H and O–H groups in total. The van der Waals surface area contributed by atoms with E-state index in [1.165, 1.54) is 10.3 Å². The molecule has 0 bridgehead atoms. The minimum Gasteiger partial charge on any atom is -0.393 e. The van der Waals surface area contributed by atoms with Gasteiger partial charge >= 0.3 is 0 Å². The van der Waals surface area contributed by atoms with Crippen LogP contribution in [-0.2, 0) is 10.0 Å². The molecule has 3 aromatic rings. The molecule has 7 nitrogen and oxygen atoms in total. The third-order valence-corrected chi connectivity index (χ3v) is 8.24. The van der Waals surface area contributed by atoms with Crippen molar-refractivity contribution in [2.24, 2.45) is 5.41 Å². The van der Waals surface area contributed by atoms with E-state index in [0.717, 1.165) is 42.5 Å². The van der Waals surface area contributed by atoms with Gasteiger partial charge in [0, 0.05) is 19.3 Å². The van der Waals surface area contributed by atoms with E-state index in [1.54, 1.807) is 36.5 Å². The number of aromatic nitrogens is 3. The second kappa shape index (κ2) is 6.27. The third-order valence-electron chi connectivity index (χ3n) is 6.56. The van der Waals surface area contributed by atoms with Crippen LogP contribution in [0.25, 0.3) is 11.0 Å². The van der Waals surface area contributed by atoms with Crippen molar-refractivity contribution >= 4 is 26.9 Å². The molecule has 2 aliphatic carbocycles. The molecule has 0 amide bonds. The van der Waals surface area contributed by atoms with E-state index in [0.29, 0.717) is 17.1 Å². The quantitative estimate of drug-likeness (QED) is 0.709. The van der Waals surface area contributed by atoms with Crippen molar-refractivity contribution in [2.45, 2.75) is 49.6 Å². The van der Waals surface area contributed by atoms with Gasteiger partial charge < -0.3 is 10.0 Å². The van der Waals surface area contributed by atoms with Crippen LogP contribution in [-0.4, -0.2) is 46.7 Å². The minimum absolute atomic E-state index is 0.145. The van der Waals surface area contributed by atoms with Crippen LogP contribution in [0, 0.1) is 12.3 Å². The minimum atomic E-state index is -3.73. The van der Waals surface area contributed by atoms with Crippen molar-refractivity contribution in [3.05, 3.63) is 48.4 Å². The molecule has 0 atom stereocenters. The number of anilines is 1. The van der Waals surface area contributed by atoms with Crippen LogP contribution in [0.1, 0.15) is 31.2 Å². The molecule has 2 saturated carbocycles. The smallest absolute Gasteiger partial charge is 0.269 e. The van der Waals surface area contributed by atoms with E-state index in [-0.39, 0.29) is 11.0 Å². The maximum Gasteiger partial charge on any atom is 0.269 e. The molecule has 5 rings (SSSR count). The highest BCUT2D eigenvalue weighted by Crippen LogP contribution is 2.57. The number of rotatable bonds is 4. The summed E-state index contributed by atoms with van der Waals surface area (Å²) in [5.74, 6) is 0.743. The summed E-state index contributed by atoms with van der Waals surface area (Å²) in [6, 6.07) is 8.93. The van der Waals surface area contributed by atoms with Crippen LogP contribution in [0.4, 0.5) is 5.82 Å². The topological polar surface area (TPSA) is 88.3 Å². The summed E-state index contributed by atoms with van der Waals surface area (Å²) in [7, 11) is -1.73. The van der Waals surface area contributed by atoms with Gasteiger partial charge in [0.05, 0.1) is 16.4 Å². The number of benzene rings is 1. The number of aliphatic hydroxyl groups is 1. The summed E-state index contributed by atoms with van der Waals surface area (Å²) in [6.07, 6.45) is 6.69. The second-order valence-corrected chi connectivity index (χ2v) is 10.4. The Hall–Kier alpha value is -2.45. The number of aliphatic hydroxyl groups excluding tert-OH is 1. The van der Waals surface area contributed by atoms with Crippen LogP contribution < -0.4 is 4.90 Å². The van der Waals surface area contributed by atoms with Crippen molar-refractivity contribution in [1.29, 1.82) is 0 Å². The standard InChI is InChI=1S/C21H24N4O3S/c1-14-3-5-17(6-4-14)29(27,28)25-8-7-18-19(22-13-23-20(18)25)24(2)15-9-21(10-15)11-16(26)12-21/h3-8,13,15-16,26H,9-12H2,1-2H3. The molecular formula is C21H24N4O3S. The fraction of sp³-hybridized carbons (Fsp3) is 0.429. The van der Waals surface area contributed by atoms with Gasteiger partial charge in [0.2, 0.25) is 0 Å². The van der Waals surface area contributed by atoms with E-state index >= 15 is 0 Å². The highest BCUT2D eigenvalue weighted by atomic mass is 32.2. The van der Waals surface area contributed by atoms with Crippen molar-refractivity contribution in [1.82, 2.24) is 13.9 Å². The Balaban J connectivity index is 1.47. The Morgan fingerprint density at radius 1 is 1.10 bits per heavy atom. The van der Waals surface area contributed by atoms with E-state index < -0.39 is 10.0 Å². The fourth-order valence-corrected chi connectivity index (χ4v) is 6.17. The lowest BCUT2D eigenvalue weighted by Gasteiger charge is -2.58. The molecular weight excluding hydrogens is 388 g/mol. The molecule has 0 aliphatic heterocycles. The van der Waals surface area contributed by atoms with Crippen LogP contribution in [0.3, 0.4) is 0 Å². The number of aryl methyl sites for hydroxylation is 1. The van der Waals surface area contributed by atoms with Gasteiger partial charge in [-0.3, -0.25) is 0 Å². The lowest BCUT2D eigenvalue weighted by Crippen LogP contribution is -2.57. The van der Waals surface area contributed by atoms with Crippen LogP contribution in [0.15, 0.2) is 47.8 Å². The monoisotopic (exact) mass is 412 g/mol. The van der Waals surface area contributed by atoms with Crippen molar-refractivity contribution < 1.29 is 13.5 Å². The molecule has 29 heavy (non-hydrogen) atoms. The van der Waals surface area contributed by atoms with Crippen LogP contribution in [0.5, 0.6) is 0 Å². The summed E-state index contributed by atoms with van der Waals surface area (Å²) >= 11 is 0. The van der Waals surface area contributed by atoms with Gasteiger partial charge in [-0.25, -0.2) is 22.4 Å². The summed E-state index contributed by atoms with van der Waals surface area (Å²) in [6.45, 7) is 1.92. The highest BCUT2D eigenvalue weighted by molar-refractivity contribution is 7.90. The van der Waals surface area contributed by atoms with Gasteiger partial charge in [-0.2, -0.15) is 0 Å². The molecule has 1 aromatic carbocycles. The van der Waals surface area contributed by atoms with E-state index in [2.05, 4.69) is 14.9 Å². The first-order chi connectivity index (χ1) is 13.8. The van der Waals surface area contributed by atoms with Gasteiger partial charge in [0.25, 0.3) is 10.0 Å². The summed E-state index contributed by atoms with van der Waals surface area (Å²) < 4.78 is 27.5. The van der Waals surface area contributed by atoms with Crippen molar-refractivity contribution in [3.63, 3.8) is 0 Å². The predicted molar refractivity (Wildman–Crippen MR) is 110 cm³/mol. The van der Waals surface area contributed by atoms with Gasteiger partial charge in [0.1, 0.15) is 12.1 Å². The number of hydrogen-bond donors (Lipinski definition) is 1. The first kappa shape index (κ1) is 18.6. The second-order valence-electron chi connectivity index (χ2n) is 8.60. The maximum absolute atomic E-state index is 13.1. The Morgan fingerprint density at radius 2 is 1.79 bits per heavy atom. The zero-order chi connectivity index (χ0) is 20.4. The average Bonchev–Trinajstić information content (AvgIpc) is 3.08. The Labute approximate surface area is 170 Å². The van der Waals surface area contributed by atoms with Gasteiger partial charge in [0.15, 0.2) is 5.65 Å². The molecule has 0 unspecified atom stereocenters. The molecule has 2 aliphatic rings. The molecule has 2 fully saturated rings. The number of nitrogens with zero attached hydrogens (tertiary/aromatic N) is 4. The molecule has 2 aromatic heterocycles. The van der Waals surface area contributed by atoms with Crippen molar-refractivity contribution in [2.75, 3.05) is 11.9 Å². The zero-order valence-electron chi connectivity index (χ0n) is 16.5. The van der Waals surface area contributed by atoms with E-state index in [9.17, 15) is 13.5 Å². The SMILES string of the molecule is Cc1ccc(S(=O)(=O)n2ccc3c(N(C)C4CC5(CC(O)C5)C4)ncnc32)cc1. The zero-order valence-corrected chi connectivity index (χ0v) is 17.3. The summed E-state index contributed by atoms with van der Waals surface area (Å²) in [5.41, 5.74) is 1.69. The fourth-order valence-electron chi connectivity index (χ4n) is 4.87. The molecule has 0 radical (unpaired) electrons. The van der Waals surface area contributed by atoms with E-state index in [4.69, 9.17) is 0 Å². The molecule has 8 heteroatoms. The lowest BCUT2D eigenvalue weighted by molar-refractivity contribution is -0.0910. The highest BCUT2D eigenvalue weighted by Gasteiger charge is 2.53.